The van der Waals surface area contributed by atoms with E-state index in [0.29, 0.717) is 6.04 Å². The molecule has 1 aromatic rings. The summed E-state index contributed by atoms with van der Waals surface area (Å²) in [5, 5.41) is 7.92. The smallest absolute Gasteiger partial charge is 0.0825 e. The molecule has 0 unspecified atom stereocenters. The molecular weight excluding hydrogens is 188 g/mol. The summed E-state index contributed by atoms with van der Waals surface area (Å²) in [6.07, 6.45) is 4.52. The van der Waals surface area contributed by atoms with Gasteiger partial charge in [-0.3, -0.25) is 4.68 Å². The second-order valence-electron chi connectivity index (χ2n) is 4.52. The Hall–Kier alpha value is -1.03. The first-order chi connectivity index (χ1) is 7.15. The van der Waals surface area contributed by atoms with E-state index in [1.807, 2.05) is 11.7 Å². The Labute approximate surface area is 91.3 Å². The topological polar surface area (TPSA) is 33.1 Å². The third kappa shape index (κ3) is 2.50. The van der Waals surface area contributed by atoms with Gasteiger partial charge in [0.1, 0.15) is 0 Å². The summed E-state index contributed by atoms with van der Waals surface area (Å²) in [7, 11) is 4.15. The number of aromatic nitrogens is 2. The van der Waals surface area contributed by atoms with Crippen molar-refractivity contribution in [3.8, 4) is 0 Å². The molecule has 15 heavy (non-hydrogen) atoms. The predicted octanol–water partition coefficient (Wildman–Crippen LogP) is 1.23. The molecule has 1 fully saturated rings. The van der Waals surface area contributed by atoms with E-state index in [4.69, 9.17) is 0 Å². The van der Waals surface area contributed by atoms with Gasteiger partial charge in [0.2, 0.25) is 0 Å². The van der Waals surface area contributed by atoms with Crippen molar-refractivity contribution < 1.29 is 0 Å². The maximum atomic E-state index is 4.34. The van der Waals surface area contributed by atoms with E-state index in [9.17, 15) is 0 Å². The number of nitrogens with zero attached hydrogens (tertiary/aromatic N) is 3. The molecule has 1 saturated heterocycles. The lowest BCUT2D eigenvalue weighted by molar-refractivity contribution is 0.264. The molecule has 0 spiro atoms. The quantitative estimate of drug-likeness (QED) is 0.793. The minimum absolute atomic E-state index is 0.615. The molecule has 0 atom stereocenters. The van der Waals surface area contributed by atoms with Crippen LogP contribution in [-0.2, 0) is 7.05 Å². The Morgan fingerprint density at radius 3 is 2.53 bits per heavy atom. The van der Waals surface area contributed by atoms with Gasteiger partial charge in [0, 0.05) is 19.3 Å². The van der Waals surface area contributed by atoms with E-state index in [1.54, 1.807) is 0 Å². The fourth-order valence-corrected chi connectivity index (χ4v) is 2.11. The van der Waals surface area contributed by atoms with Gasteiger partial charge in [0.05, 0.1) is 11.4 Å². The van der Waals surface area contributed by atoms with E-state index in [1.165, 1.54) is 31.6 Å². The fraction of sp³-hybridized carbons (Fsp3) is 0.727. The number of aryl methyl sites for hydroxylation is 2. The van der Waals surface area contributed by atoms with Crippen LogP contribution < -0.4 is 5.32 Å². The third-order valence-corrected chi connectivity index (χ3v) is 3.09. The van der Waals surface area contributed by atoms with Gasteiger partial charge in [0.15, 0.2) is 0 Å². The van der Waals surface area contributed by atoms with Crippen LogP contribution in [0.3, 0.4) is 0 Å². The summed E-state index contributed by atoms with van der Waals surface area (Å²) in [6.45, 7) is 4.44. The van der Waals surface area contributed by atoms with Crippen LogP contribution in [0.15, 0.2) is 6.20 Å². The molecule has 84 valence electrons. The average molecular weight is 208 g/mol. The van der Waals surface area contributed by atoms with Crippen LogP contribution in [-0.4, -0.2) is 40.9 Å². The molecule has 1 aromatic heterocycles. The molecule has 1 aliphatic rings. The number of nitrogens with one attached hydrogen (secondary N) is 1. The first-order valence-electron chi connectivity index (χ1n) is 5.60. The minimum atomic E-state index is 0.615. The van der Waals surface area contributed by atoms with E-state index < -0.39 is 0 Å². The highest BCUT2D eigenvalue weighted by Crippen LogP contribution is 2.17. The first kappa shape index (κ1) is 10.5. The minimum Gasteiger partial charge on any atom is -0.379 e. The van der Waals surface area contributed by atoms with E-state index in [2.05, 4.69) is 35.5 Å². The lowest BCUT2D eigenvalue weighted by Gasteiger charge is -2.29. The third-order valence-electron chi connectivity index (χ3n) is 3.09. The zero-order valence-corrected chi connectivity index (χ0v) is 9.82. The van der Waals surface area contributed by atoms with Crippen molar-refractivity contribution in [3.63, 3.8) is 0 Å². The number of hydrogen-bond donors (Lipinski definition) is 1. The Kier molecular flexibility index (Phi) is 2.95. The Balaban J connectivity index is 1.94. The molecule has 1 N–H and O–H groups in total. The van der Waals surface area contributed by atoms with E-state index in [0.717, 1.165) is 5.69 Å². The highest BCUT2D eigenvalue weighted by Gasteiger charge is 2.17. The standard InChI is InChI=1S/C11H20N4/c1-9-11(8-15(3)13-9)12-10-4-6-14(2)7-5-10/h8,10,12H,4-7H2,1-3H3. The Morgan fingerprint density at radius 2 is 2.00 bits per heavy atom. The number of rotatable bonds is 2. The van der Waals surface area contributed by atoms with Gasteiger partial charge < -0.3 is 10.2 Å². The molecule has 0 saturated carbocycles. The summed E-state index contributed by atoms with van der Waals surface area (Å²) in [5.74, 6) is 0. The van der Waals surface area contributed by atoms with E-state index in [-0.39, 0.29) is 0 Å². The van der Waals surface area contributed by atoms with Crippen molar-refractivity contribution >= 4 is 5.69 Å². The zero-order chi connectivity index (χ0) is 10.8. The molecule has 4 heteroatoms. The molecule has 0 radical (unpaired) electrons. The lowest BCUT2D eigenvalue weighted by atomic mass is 10.1. The summed E-state index contributed by atoms with van der Waals surface area (Å²) in [5.41, 5.74) is 2.28. The zero-order valence-electron chi connectivity index (χ0n) is 9.82. The van der Waals surface area contributed by atoms with Crippen molar-refractivity contribution in [3.05, 3.63) is 11.9 Å². The maximum Gasteiger partial charge on any atom is 0.0825 e. The number of hydrogen-bond acceptors (Lipinski definition) is 3. The van der Waals surface area contributed by atoms with E-state index >= 15 is 0 Å². The van der Waals surface area contributed by atoms with Crippen LogP contribution in [0.2, 0.25) is 0 Å². The van der Waals surface area contributed by atoms with Crippen molar-refractivity contribution in [1.29, 1.82) is 0 Å². The second-order valence-corrected chi connectivity index (χ2v) is 4.52. The molecule has 4 nitrogen and oxygen atoms in total. The van der Waals surface area contributed by atoms with Gasteiger partial charge in [-0.25, -0.2) is 0 Å². The average Bonchev–Trinajstić information content (AvgIpc) is 2.49. The SMILES string of the molecule is Cc1nn(C)cc1NC1CCN(C)CC1. The van der Waals surface area contributed by atoms with Crippen molar-refractivity contribution in [1.82, 2.24) is 14.7 Å². The fourth-order valence-electron chi connectivity index (χ4n) is 2.11. The summed E-state index contributed by atoms with van der Waals surface area (Å²) >= 11 is 0. The van der Waals surface area contributed by atoms with Crippen LogP contribution >= 0.6 is 0 Å². The van der Waals surface area contributed by atoms with Gasteiger partial charge in [0.25, 0.3) is 0 Å². The number of anilines is 1. The monoisotopic (exact) mass is 208 g/mol. The summed E-state index contributed by atoms with van der Waals surface area (Å²) in [4.78, 5) is 2.38. The Morgan fingerprint density at radius 1 is 1.33 bits per heavy atom. The molecule has 0 bridgehead atoms. The van der Waals surface area contributed by atoms with Crippen molar-refractivity contribution in [2.24, 2.45) is 7.05 Å². The molecule has 0 amide bonds. The molecular formula is C11H20N4. The predicted molar refractivity (Wildman–Crippen MR) is 62.1 cm³/mol. The largest absolute Gasteiger partial charge is 0.379 e. The van der Waals surface area contributed by atoms with Crippen LogP contribution in [0.25, 0.3) is 0 Å². The molecule has 0 aromatic carbocycles. The van der Waals surface area contributed by atoms with Crippen molar-refractivity contribution in [2.75, 3.05) is 25.5 Å². The van der Waals surface area contributed by atoms with Crippen molar-refractivity contribution in [2.45, 2.75) is 25.8 Å². The van der Waals surface area contributed by atoms with Crippen LogP contribution in [0.4, 0.5) is 5.69 Å². The molecule has 2 rings (SSSR count). The van der Waals surface area contributed by atoms with Gasteiger partial charge in [-0.05, 0) is 39.9 Å². The number of likely N-dealkylation sites (tertiary alicyclic amines) is 1. The Bertz CT molecular complexity index is 323. The normalized spacial score (nSPS) is 19.4. The van der Waals surface area contributed by atoms with Crippen LogP contribution in [0.5, 0.6) is 0 Å². The van der Waals surface area contributed by atoms with Gasteiger partial charge in [-0.1, -0.05) is 0 Å². The highest BCUT2D eigenvalue weighted by molar-refractivity contribution is 5.46. The van der Waals surface area contributed by atoms with Gasteiger partial charge in [-0.2, -0.15) is 5.10 Å². The molecule has 2 heterocycles. The van der Waals surface area contributed by atoms with Crippen LogP contribution in [0.1, 0.15) is 18.5 Å². The van der Waals surface area contributed by atoms with Gasteiger partial charge >= 0.3 is 0 Å². The second kappa shape index (κ2) is 4.23. The molecule has 0 aliphatic carbocycles. The summed E-state index contributed by atoms with van der Waals surface area (Å²) < 4.78 is 1.87. The first-order valence-corrected chi connectivity index (χ1v) is 5.60. The highest BCUT2D eigenvalue weighted by atomic mass is 15.3. The maximum absolute atomic E-state index is 4.34. The summed E-state index contributed by atoms with van der Waals surface area (Å²) in [6, 6.07) is 0.615. The van der Waals surface area contributed by atoms with Gasteiger partial charge in [-0.15, -0.1) is 0 Å². The van der Waals surface area contributed by atoms with Crippen LogP contribution in [0, 0.1) is 6.92 Å². The molecule has 1 aliphatic heterocycles. The number of piperidine rings is 1. The lowest BCUT2D eigenvalue weighted by Crippen LogP contribution is -2.36.